The molecule has 1 saturated heterocycles. The second kappa shape index (κ2) is 4.99. The zero-order valence-corrected chi connectivity index (χ0v) is 11.6. The standard InChI is InChI=1S/C11H20N4O2S/c1-3-10-13-6-11(14-10)18(16,17)15-5-4-9(7-15)8(2)12/h6,8-9H,3-5,7,12H2,1-2H3,(H,13,14). The molecule has 0 aliphatic carbocycles. The van der Waals surface area contributed by atoms with E-state index in [2.05, 4.69) is 9.97 Å². The average Bonchev–Trinajstić information content (AvgIpc) is 2.98. The van der Waals surface area contributed by atoms with Gasteiger partial charge in [-0.05, 0) is 19.3 Å². The first kappa shape index (κ1) is 13.5. The molecule has 6 nitrogen and oxygen atoms in total. The third-order valence-corrected chi connectivity index (χ3v) is 5.26. The number of rotatable bonds is 4. The summed E-state index contributed by atoms with van der Waals surface area (Å²) in [7, 11) is -3.43. The number of hydrogen-bond acceptors (Lipinski definition) is 4. The Labute approximate surface area is 108 Å². The molecule has 0 radical (unpaired) electrons. The van der Waals surface area contributed by atoms with Gasteiger partial charge in [0.05, 0.1) is 6.20 Å². The monoisotopic (exact) mass is 272 g/mol. The van der Waals surface area contributed by atoms with E-state index in [0.29, 0.717) is 25.3 Å². The Kier molecular flexibility index (Phi) is 3.74. The molecule has 18 heavy (non-hydrogen) atoms. The number of aromatic amines is 1. The van der Waals surface area contributed by atoms with Crippen LogP contribution in [-0.2, 0) is 16.4 Å². The Balaban J connectivity index is 2.17. The molecule has 0 bridgehead atoms. The quantitative estimate of drug-likeness (QED) is 0.826. The van der Waals surface area contributed by atoms with Gasteiger partial charge in [-0.25, -0.2) is 13.4 Å². The fourth-order valence-electron chi connectivity index (χ4n) is 2.19. The van der Waals surface area contributed by atoms with Crippen molar-refractivity contribution in [3.05, 3.63) is 12.0 Å². The molecular formula is C11H20N4O2S. The second-order valence-corrected chi connectivity index (χ2v) is 6.72. The van der Waals surface area contributed by atoms with Crippen LogP contribution in [0.3, 0.4) is 0 Å². The molecule has 102 valence electrons. The highest BCUT2D eigenvalue weighted by molar-refractivity contribution is 7.89. The summed E-state index contributed by atoms with van der Waals surface area (Å²) in [5.41, 5.74) is 5.83. The molecule has 1 aromatic heterocycles. The number of H-pyrrole nitrogens is 1. The van der Waals surface area contributed by atoms with E-state index < -0.39 is 10.0 Å². The predicted octanol–water partition coefficient (Wildman–Crippen LogP) is 0.330. The Bertz CT molecular complexity index is 509. The van der Waals surface area contributed by atoms with Crippen molar-refractivity contribution < 1.29 is 8.42 Å². The van der Waals surface area contributed by atoms with E-state index in [1.807, 2.05) is 13.8 Å². The van der Waals surface area contributed by atoms with Crippen molar-refractivity contribution >= 4 is 10.0 Å². The maximum Gasteiger partial charge on any atom is 0.260 e. The summed E-state index contributed by atoms with van der Waals surface area (Å²) in [6.07, 6.45) is 2.91. The summed E-state index contributed by atoms with van der Waals surface area (Å²) in [5, 5.41) is 0.185. The molecule has 2 rings (SSSR count). The Morgan fingerprint density at radius 1 is 1.67 bits per heavy atom. The Hall–Kier alpha value is -0.920. The van der Waals surface area contributed by atoms with Crippen LogP contribution in [0.4, 0.5) is 0 Å². The number of aryl methyl sites for hydroxylation is 1. The van der Waals surface area contributed by atoms with Gasteiger partial charge >= 0.3 is 0 Å². The molecule has 1 fully saturated rings. The number of nitrogens with one attached hydrogen (secondary N) is 1. The number of imidazole rings is 1. The van der Waals surface area contributed by atoms with Gasteiger partial charge in [0.2, 0.25) is 0 Å². The molecule has 1 aromatic rings. The average molecular weight is 272 g/mol. The number of nitrogens with zero attached hydrogens (tertiary/aromatic N) is 2. The SMILES string of the molecule is CCc1ncc(S(=O)(=O)N2CCC(C(C)N)C2)[nH]1. The van der Waals surface area contributed by atoms with E-state index in [1.165, 1.54) is 10.5 Å². The minimum atomic E-state index is -3.43. The van der Waals surface area contributed by atoms with Crippen LogP contribution in [0.1, 0.15) is 26.1 Å². The van der Waals surface area contributed by atoms with Crippen molar-refractivity contribution in [2.24, 2.45) is 11.7 Å². The molecule has 0 saturated carbocycles. The fraction of sp³-hybridized carbons (Fsp3) is 0.727. The number of hydrogen-bond donors (Lipinski definition) is 2. The summed E-state index contributed by atoms with van der Waals surface area (Å²) in [4.78, 5) is 6.89. The van der Waals surface area contributed by atoms with Gasteiger partial charge in [-0.1, -0.05) is 6.92 Å². The fourth-order valence-corrected chi connectivity index (χ4v) is 3.64. The highest BCUT2D eigenvalue weighted by Gasteiger charge is 2.34. The van der Waals surface area contributed by atoms with E-state index >= 15 is 0 Å². The van der Waals surface area contributed by atoms with Gasteiger partial charge in [-0.2, -0.15) is 4.31 Å². The number of sulfonamides is 1. The molecule has 7 heteroatoms. The van der Waals surface area contributed by atoms with Crippen LogP contribution in [0.15, 0.2) is 11.2 Å². The number of nitrogens with two attached hydrogens (primary N) is 1. The minimum absolute atomic E-state index is 0.0261. The molecule has 2 heterocycles. The summed E-state index contributed by atoms with van der Waals surface area (Å²) >= 11 is 0. The molecule has 1 aliphatic heterocycles. The topological polar surface area (TPSA) is 92.1 Å². The lowest BCUT2D eigenvalue weighted by Gasteiger charge is -2.16. The van der Waals surface area contributed by atoms with Crippen LogP contribution in [-0.4, -0.2) is 41.8 Å². The summed E-state index contributed by atoms with van der Waals surface area (Å²) in [5.74, 6) is 0.935. The molecule has 2 atom stereocenters. The second-order valence-electron chi connectivity index (χ2n) is 4.82. The minimum Gasteiger partial charge on any atom is -0.332 e. The van der Waals surface area contributed by atoms with E-state index in [1.54, 1.807) is 0 Å². The Morgan fingerprint density at radius 3 is 2.89 bits per heavy atom. The molecular weight excluding hydrogens is 252 g/mol. The zero-order chi connectivity index (χ0) is 13.3. The summed E-state index contributed by atoms with van der Waals surface area (Å²) < 4.78 is 26.2. The van der Waals surface area contributed by atoms with Gasteiger partial charge < -0.3 is 10.7 Å². The van der Waals surface area contributed by atoms with E-state index in [4.69, 9.17) is 5.73 Å². The van der Waals surface area contributed by atoms with E-state index in [0.717, 1.165) is 6.42 Å². The largest absolute Gasteiger partial charge is 0.332 e. The third-order valence-electron chi connectivity index (χ3n) is 3.49. The van der Waals surface area contributed by atoms with Crippen LogP contribution in [0.25, 0.3) is 0 Å². The van der Waals surface area contributed by atoms with Gasteiger partial charge in [0.25, 0.3) is 10.0 Å². The van der Waals surface area contributed by atoms with Crippen LogP contribution in [0.5, 0.6) is 0 Å². The smallest absolute Gasteiger partial charge is 0.260 e. The maximum absolute atomic E-state index is 12.3. The van der Waals surface area contributed by atoms with Crippen LogP contribution in [0, 0.1) is 5.92 Å². The number of aromatic nitrogens is 2. The molecule has 1 aliphatic rings. The molecule has 2 unspecified atom stereocenters. The first-order chi connectivity index (χ1) is 8.45. The van der Waals surface area contributed by atoms with Crippen molar-refractivity contribution in [1.82, 2.24) is 14.3 Å². The highest BCUT2D eigenvalue weighted by Crippen LogP contribution is 2.24. The van der Waals surface area contributed by atoms with Gasteiger partial charge in [-0.3, -0.25) is 0 Å². The van der Waals surface area contributed by atoms with Gasteiger partial charge in [0.15, 0.2) is 5.03 Å². The third kappa shape index (κ3) is 2.43. The lowest BCUT2D eigenvalue weighted by Crippen LogP contribution is -2.33. The summed E-state index contributed by atoms with van der Waals surface area (Å²) in [6, 6.07) is 0.0261. The zero-order valence-electron chi connectivity index (χ0n) is 10.8. The Morgan fingerprint density at radius 2 is 2.39 bits per heavy atom. The van der Waals surface area contributed by atoms with Gasteiger partial charge in [0.1, 0.15) is 5.82 Å². The van der Waals surface area contributed by atoms with Gasteiger partial charge in [-0.15, -0.1) is 0 Å². The van der Waals surface area contributed by atoms with Crippen molar-refractivity contribution in [3.63, 3.8) is 0 Å². The first-order valence-electron chi connectivity index (χ1n) is 6.24. The van der Waals surface area contributed by atoms with Crippen LogP contribution < -0.4 is 5.73 Å². The first-order valence-corrected chi connectivity index (χ1v) is 7.68. The van der Waals surface area contributed by atoms with Crippen molar-refractivity contribution in [2.45, 2.75) is 37.8 Å². The van der Waals surface area contributed by atoms with Gasteiger partial charge in [0, 0.05) is 25.6 Å². The normalized spacial score (nSPS) is 23.4. The molecule has 0 spiro atoms. The maximum atomic E-state index is 12.3. The predicted molar refractivity (Wildman–Crippen MR) is 68.5 cm³/mol. The molecule has 0 amide bonds. The lowest BCUT2D eigenvalue weighted by atomic mass is 10.0. The van der Waals surface area contributed by atoms with Crippen molar-refractivity contribution in [3.8, 4) is 0 Å². The van der Waals surface area contributed by atoms with Crippen molar-refractivity contribution in [2.75, 3.05) is 13.1 Å². The summed E-state index contributed by atoms with van der Waals surface area (Å²) in [6.45, 7) is 4.89. The lowest BCUT2D eigenvalue weighted by molar-refractivity contribution is 0.427. The van der Waals surface area contributed by atoms with E-state index in [9.17, 15) is 8.42 Å². The van der Waals surface area contributed by atoms with Crippen LogP contribution in [0.2, 0.25) is 0 Å². The van der Waals surface area contributed by atoms with E-state index in [-0.39, 0.29) is 17.0 Å². The van der Waals surface area contributed by atoms with Crippen molar-refractivity contribution in [1.29, 1.82) is 0 Å². The van der Waals surface area contributed by atoms with Crippen LogP contribution >= 0.6 is 0 Å². The highest BCUT2D eigenvalue weighted by atomic mass is 32.2. The molecule has 0 aromatic carbocycles. The molecule has 3 N–H and O–H groups in total.